The molecule has 5 rings (SSSR count). The van der Waals surface area contributed by atoms with E-state index in [9.17, 15) is 0 Å². The van der Waals surface area contributed by atoms with Gasteiger partial charge in [0.05, 0.1) is 23.4 Å². The zero-order valence-electron chi connectivity index (χ0n) is 15.4. The number of nitrogens with zero attached hydrogens (tertiary/aromatic N) is 4. The maximum Gasteiger partial charge on any atom is 0.162 e. The molecule has 0 spiro atoms. The van der Waals surface area contributed by atoms with Crippen molar-refractivity contribution in [2.45, 2.75) is 19.4 Å². The van der Waals surface area contributed by atoms with Crippen LogP contribution in [-0.4, -0.2) is 54.3 Å². The Hall–Kier alpha value is -2.02. The minimum Gasteiger partial charge on any atom is -0.378 e. The molecule has 0 N–H and O–H groups in total. The second-order valence-electron chi connectivity index (χ2n) is 7.29. The smallest absolute Gasteiger partial charge is 0.162 e. The van der Waals surface area contributed by atoms with Crippen LogP contribution in [0.5, 0.6) is 0 Å². The van der Waals surface area contributed by atoms with Crippen molar-refractivity contribution in [1.29, 1.82) is 0 Å². The normalized spacial score (nSPS) is 18.4. The molecule has 2 fully saturated rings. The Morgan fingerprint density at radius 3 is 2.70 bits per heavy atom. The molecule has 3 aromatic rings. The fourth-order valence-corrected chi connectivity index (χ4v) is 4.82. The summed E-state index contributed by atoms with van der Waals surface area (Å²) < 4.78 is 6.70. The van der Waals surface area contributed by atoms with Crippen molar-refractivity contribution in [2.24, 2.45) is 0 Å². The zero-order valence-corrected chi connectivity index (χ0v) is 16.2. The van der Waals surface area contributed by atoms with Crippen LogP contribution in [0.3, 0.4) is 0 Å². The minimum absolute atomic E-state index is 0.761. The van der Waals surface area contributed by atoms with Gasteiger partial charge >= 0.3 is 0 Å². The summed E-state index contributed by atoms with van der Waals surface area (Å²) in [5.41, 5.74) is 3.49. The van der Waals surface area contributed by atoms with Crippen molar-refractivity contribution in [3.8, 4) is 11.4 Å². The first-order valence-corrected chi connectivity index (χ1v) is 10.6. The van der Waals surface area contributed by atoms with Crippen molar-refractivity contribution in [2.75, 3.05) is 44.3 Å². The summed E-state index contributed by atoms with van der Waals surface area (Å²) in [6.45, 7) is 6.74. The Balaban J connectivity index is 1.50. The van der Waals surface area contributed by atoms with Gasteiger partial charge in [0.1, 0.15) is 0 Å². The van der Waals surface area contributed by atoms with Gasteiger partial charge < -0.3 is 9.64 Å². The van der Waals surface area contributed by atoms with Crippen molar-refractivity contribution in [3.63, 3.8) is 0 Å². The van der Waals surface area contributed by atoms with Crippen LogP contribution in [0.1, 0.15) is 18.4 Å². The number of morpholine rings is 1. The molecule has 0 amide bonds. The first-order chi connectivity index (χ1) is 13.4. The molecule has 140 valence electrons. The number of likely N-dealkylation sites (tertiary alicyclic amines) is 1. The van der Waals surface area contributed by atoms with E-state index in [2.05, 4.69) is 45.5 Å². The van der Waals surface area contributed by atoms with Crippen LogP contribution in [0.25, 0.3) is 21.6 Å². The maximum atomic E-state index is 5.52. The van der Waals surface area contributed by atoms with Crippen molar-refractivity contribution >= 4 is 27.4 Å². The third-order valence-corrected chi connectivity index (χ3v) is 6.29. The van der Waals surface area contributed by atoms with Crippen LogP contribution in [-0.2, 0) is 11.3 Å². The topological polar surface area (TPSA) is 41.5 Å². The molecule has 4 heterocycles. The first-order valence-electron chi connectivity index (χ1n) is 9.76. The number of fused-ring (bicyclic) bond motifs is 1. The van der Waals surface area contributed by atoms with E-state index in [0.717, 1.165) is 55.6 Å². The van der Waals surface area contributed by atoms with Crippen LogP contribution >= 0.6 is 11.3 Å². The molecule has 2 aliphatic rings. The molecule has 0 radical (unpaired) electrons. The second-order valence-corrected chi connectivity index (χ2v) is 8.20. The molecule has 6 heteroatoms. The van der Waals surface area contributed by atoms with Crippen LogP contribution in [0.15, 0.2) is 35.7 Å². The van der Waals surface area contributed by atoms with Gasteiger partial charge in [-0.3, -0.25) is 4.90 Å². The SMILES string of the molecule is c1cc(CN2CCCC2)cc(-c2nc(N3CCOCC3)c3sccc3n2)c1. The number of rotatable bonds is 4. The Morgan fingerprint density at radius 2 is 1.85 bits per heavy atom. The molecular formula is C21H24N4OS. The molecule has 2 saturated heterocycles. The Bertz CT molecular complexity index is 929. The van der Waals surface area contributed by atoms with Crippen LogP contribution in [0, 0.1) is 0 Å². The predicted octanol–water partition coefficient (Wildman–Crippen LogP) is 3.79. The average Bonchev–Trinajstić information content (AvgIpc) is 3.40. The summed E-state index contributed by atoms with van der Waals surface area (Å²) in [5, 5.41) is 2.11. The number of anilines is 1. The monoisotopic (exact) mass is 380 g/mol. The van der Waals surface area contributed by atoms with Gasteiger partial charge in [0, 0.05) is 25.2 Å². The molecule has 0 bridgehead atoms. The van der Waals surface area contributed by atoms with E-state index < -0.39 is 0 Å². The van der Waals surface area contributed by atoms with Crippen LogP contribution < -0.4 is 4.90 Å². The Morgan fingerprint density at radius 1 is 1.00 bits per heavy atom. The van der Waals surface area contributed by atoms with Gasteiger partial charge in [-0.15, -0.1) is 11.3 Å². The van der Waals surface area contributed by atoms with E-state index in [1.807, 2.05) is 0 Å². The Labute approximate surface area is 163 Å². The van der Waals surface area contributed by atoms with E-state index in [1.54, 1.807) is 11.3 Å². The van der Waals surface area contributed by atoms with Gasteiger partial charge in [0.15, 0.2) is 11.6 Å². The first kappa shape index (κ1) is 17.1. The molecule has 2 aromatic heterocycles. The van der Waals surface area contributed by atoms with Gasteiger partial charge in [-0.1, -0.05) is 18.2 Å². The second kappa shape index (κ2) is 7.54. The molecular weight excluding hydrogens is 356 g/mol. The molecule has 0 atom stereocenters. The molecule has 0 saturated carbocycles. The maximum absolute atomic E-state index is 5.52. The number of ether oxygens (including phenoxy) is 1. The molecule has 1 aromatic carbocycles. The Kier molecular flexibility index (Phi) is 4.78. The number of thiophene rings is 1. The standard InChI is InChI=1S/C21H24N4OS/c1-2-8-24(7-1)15-16-4-3-5-17(14-16)20-22-18-6-13-27-19(18)21(23-20)25-9-11-26-12-10-25/h3-6,13-14H,1-2,7-12,15H2. The highest BCUT2D eigenvalue weighted by Crippen LogP contribution is 2.32. The molecule has 2 aliphatic heterocycles. The largest absolute Gasteiger partial charge is 0.378 e. The number of hydrogen-bond donors (Lipinski definition) is 0. The third-order valence-electron chi connectivity index (χ3n) is 5.39. The average molecular weight is 381 g/mol. The third kappa shape index (κ3) is 3.57. The lowest BCUT2D eigenvalue weighted by Gasteiger charge is -2.28. The fraction of sp³-hybridized carbons (Fsp3) is 0.429. The van der Waals surface area contributed by atoms with Gasteiger partial charge in [-0.05, 0) is 49.0 Å². The van der Waals surface area contributed by atoms with E-state index in [0.29, 0.717) is 0 Å². The molecule has 0 unspecified atom stereocenters. The van der Waals surface area contributed by atoms with Crippen molar-refractivity contribution in [1.82, 2.24) is 14.9 Å². The molecule has 27 heavy (non-hydrogen) atoms. The zero-order chi connectivity index (χ0) is 18.1. The number of hydrogen-bond acceptors (Lipinski definition) is 6. The predicted molar refractivity (Wildman–Crippen MR) is 110 cm³/mol. The highest BCUT2D eigenvalue weighted by Gasteiger charge is 2.19. The van der Waals surface area contributed by atoms with E-state index in [1.165, 1.54) is 36.2 Å². The van der Waals surface area contributed by atoms with Gasteiger partial charge in [0.25, 0.3) is 0 Å². The van der Waals surface area contributed by atoms with Crippen LogP contribution in [0.4, 0.5) is 5.82 Å². The van der Waals surface area contributed by atoms with Gasteiger partial charge in [-0.25, -0.2) is 9.97 Å². The van der Waals surface area contributed by atoms with E-state index in [-0.39, 0.29) is 0 Å². The summed E-state index contributed by atoms with van der Waals surface area (Å²) in [6.07, 6.45) is 2.64. The fourth-order valence-electron chi connectivity index (χ4n) is 3.97. The lowest BCUT2D eigenvalue weighted by molar-refractivity contribution is 0.122. The van der Waals surface area contributed by atoms with Crippen LogP contribution in [0.2, 0.25) is 0 Å². The van der Waals surface area contributed by atoms with E-state index in [4.69, 9.17) is 14.7 Å². The highest BCUT2D eigenvalue weighted by molar-refractivity contribution is 7.17. The summed E-state index contributed by atoms with van der Waals surface area (Å²) >= 11 is 1.72. The summed E-state index contributed by atoms with van der Waals surface area (Å²) in [4.78, 5) is 14.7. The number of aromatic nitrogens is 2. The highest BCUT2D eigenvalue weighted by atomic mass is 32.1. The summed E-state index contributed by atoms with van der Waals surface area (Å²) in [5.74, 6) is 1.88. The van der Waals surface area contributed by atoms with Crippen molar-refractivity contribution < 1.29 is 4.74 Å². The van der Waals surface area contributed by atoms with Crippen molar-refractivity contribution in [3.05, 3.63) is 41.3 Å². The van der Waals surface area contributed by atoms with Gasteiger partial charge in [-0.2, -0.15) is 0 Å². The number of benzene rings is 1. The lowest BCUT2D eigenvalue weighted by atomic mass is 10.1. The lowest BCUT2D eigenvalue weighted by Crippen LogP contribution is -2.36. The van der Waals surface area contributed by atoms with E-state index >= 15 is 0 Å². The summed E-state index contributed by atoms with van der Waals surface area (Å²) in [7, 11) is 0. The summed E-state index contributed by atoms with van der Waals surface area (Å²) in [6, 6.07) is 10.8. The molecule has 0 aliphatic carbocycles. The quantitative estimate of drug-likeness (QED) is 0.689. The molecule has 5 nitrogen and oxygen atoms in total. The van der Waals surface area contributed by atoms with Gasteiger partial charge in [0.2, 0.25) is 0 Å². The minimum atomic E-state index is 0.761.